The van der Waals surface area contributed by atoms with Gasteiger partial charge in [-0.25, -0.2) is 9.97 Å². The fraction of sp³-hybridized carbons (Fsp3) is 0.389. The molecule has 1 amide bonds. The number of piperidine rings is 1. The Morgan fingerprint density at radius 1 is 1.22 bits per heavy atom. The van der Waals surface area contributed by atoms with Crippen molar-refractivity contribution in [3.8, 4) is 0 Å². The molecule has 1 aromatic heterocycles. The quantitative estimate of drug-likeness (QED) is 0.809. The van der Waals surface area contributed by atoms with E-state index >= 15 is 0 Å². The highest BCUT2D eigenvalue weighted by Crippen LogP contribution is 2.34. The number of carbonyl (C=O) groups is 1. The molecule has 1 aliphatic rings. The van der Waals surface area contributed by atoms with E-state index in [-0.39, 0.29) is 28.1 Å². The minimum atomic E-state index is -4.49. The highest BCUT2D eigenvalue weighted by Gasteiger charge is 2.31. The fourth-order valence-electron chi connectivity index (χ4n) is 2.85. The summed E-state index contributed by atoms with van der Waals surface area (Å²) in [6, 6.07) is 4.38. The van der Waals surface area contributed by atoms with Crippen LogP contribution in [0.5, 0.6) is 0 Å². The number of nitrogens with one attached hydrogen (secondary N) is 1. The summed E-state index contributed by atoms with van der Waals surface area (Å²) in [5.74, 6) is 0.558. The second-order valence-electron chi connectivity index (χ2n) is 6.58. The number of aromatic nitrogens is 2. The van der Waals surface area contributed by atoms with E-state index < -0.39 is 11.7 Å². The highest BCUT2D eigenvalue weighted by atomic mass is 35.5. The number of likely N-dealkylation sites (tertiary alicyclic amines) is 1. The SMILES string of the molecule is CC1CCN(C(=O)c2cc(Nc3cc(C(F)(F)F)ccc3Cl)ncn2)CC1. The Balaban J connectivity index is 1.79. The van der Waals surface area contributed by atoms with Crippen LogP contribution in [-0.4, -0.2) is 33.9 Å². The summed E-state index contributed by atoms with van der Waals surface area (Å²) in [5, 5.41) is 2.85. The second kappa shape index (κ2) is 7.72. The molecule has 0 radical (unpaired) electrons. The smallest absolute Gasteiger partial charge is 0.339 e. The lowest BCUT2D eigenvalue weighted by Crippen LogP contribution is -2.38. The molecule has 144 valence electrons. The topological polar surface area (TPSA) is 58.1 Å². The Kier molecular flexibility index (Phi) is 5.55. The molecule has 9 heteroatoms. The normalized spacial score (nSPS) is 15.7. The van der Waals surface area contributed by atoms with Crippen molar-refractivity contribution in [1.82, 2.24) is 14.9 Å². The predicted molar refractivity (Wildman–Crippen MR) is 96.1 cm³/mol. The lowest BCUT2D eigenvalue weighted by Gasteiger charge is -2.30. The van der Waals surface area contributed by atoms with Crippen LogP contribution < -0.4 is 5.32 Å². The average molecular weight is 399 g/mol. The van der Waals surface area contributed by atoms with Crippen LogP contribution in [0.1, 0.15) is 35.8 Å². The van der Waals surface area contributed by atoms with E-state index in [2.05, 4.69) is 22.2 Å². The number of rotatable bonds is 3. The first kappa shape index (κ1) is 19.4. The lowest BCUT2D eigenvalue weighted by atomic mass is 9.99. The molecule has 1 aliphatic heterocycles. The number of halogens is 4. The number of anilines is 2. The standard InChI is InChI=1S/C18H18ClF3N4O/c1-11-4-6-26(7-5-11)17(27)15-9-16(24-10-23-15)25-14-8-12(18(20,21)22)2-3-13(14)19/h2-3,8-11H,4-7H2,1H3,(H,23,24,25). The van der Waals surface area contributed by atoms with Gasteiger partial charge in [-0.1, -0.05) is 18.5 Å². The Labute approximate surface area is 159 Å². The molecule has 0 bridgehead atoms. The molecular formula is C18H18ClF3N4O. The molecule has 0 saturated carbocycles. The molecule has 0 atom stereocenters. The van der Waals surface area contributed by atoms with Crippen LogP contribution in [0.2, 0.25) is 5.02 Å². The van der Waals surface area contributed by atoms with Crippen LogP contribution in [0.4, 0.5) is 24.7 Å². The predicted octanol–water partition coefficient (Wildman–Crippen LogP) is 4.76. The van der Waals surface area contributed by atoms with E-state index in [1.807, 2.05) is 0 Å². The van der Waals surface area contributed by atoms with Crippen molar-refractivity contribution >= 4 is 29.0 Å². The zero-order valence-electron chi connectivity index (χ0n) is 14.6. The third-order valence-electron chi connectivity index (χ3n) is 4.51. The maximum atomic E-state index is 12.9. The molecule has 0 aliphatic carbocycles. The number of alkyl halides is 3. The maximum absolute atomic E-state index is 12.9. The van der Waals surface area contributed by atoms with Crippen molar-refractivity contribution < 1.29 is 18.0 Å². The van der Waals surface area contributed by atoms with E-state index in [4.69, 9.17) is 11.6 Å². The molecule has 0 unspecified atom stereocenters. The van der Waals surface area contributed by atoms with E-state index in [1.54, 1.807) is 4.90 Å². The summed E-state index contributed by atoms with van der Waals surface area (Å²) in [5.41, 5.74) is -0.595. The third-order valence-corrected chi connectivity index (χ3v) is 4.84. The fourth-order valence-corrected chi connectivity index (χ4v) is 3.02. The Morgan fingerprint density at radius 3 is 2.59 bits per heavy atom. The number of hydrogen-bond donors (Lipinski definition) is 1. The molecule has 27 heavy (non-hydrogen) atoms. The maximum Gasteiger partial charge on any atom is 0.416 e. The Hall–Kier alpha value is -2.35. The molecular weight excluding hydrogens is 381 g/mol. The van der Waals surface area contributed by atoms with Gasteiger partial charge >= 0.3 is 6.18 Å². The molecule has 2 heterocycles. The second-order valence-corrected chi connectivity index (χ2v) is 6.99. The van der Waals surface area contributed by atoms with Crippen LogP contribution >= 0.6 is 11.6 Å². The van der Waals surface area contributed by atoms with Crippen LogP contribution in [0, 0.1) is 5.92 Å². The summed E-state index contributed by atoms with van der Waals surface area (Å²) in [4.78, 5) is 22.3. The minimum absolute atomic E-state index is 0.0513. The number of hydrogen-bond acceptors (Lipinski definition) is 4. The highest BCUT2D eigenvalue weighted by molar-refractivity contribution is 6.33. The first-order valence-electron chi connectivity index (χ1n) is 8.49. The van der Waals surface area contributed by atoms with Crippen molar-refractivity contribution in [1.29, 1.82) is 0 Å². The van der Waals surface area contributed by atoms with Crippen molar-refractivity contribution in [3.63, 3.8) is 0 Å². The van der Waals surface area contributed by atoms with Gasteiger partial charge in [0, 0.05) is 19.2 Å². The zero-order chi connectivity index (χ0) is 19.6. The summed E-state index contributed by atoms with van der Waals surface area (Å²) < 4.78 is 38.7. The number of benzene rings is 1. The first-order chi connectivity index (χ1) is 12.7. The van der Waals surface area contributed by atoms with Gasteiger partial charge in [0.25, 0.3) is 5.91 Å². The molecule has 1 N–H and O–H groups in total. The lowest BCUT2D eigenvalue weighted by molar-refractivity contribution is -0.137. The molecule has 5 nitrogen and oxygen atoms in total. The van der Waals surface area contributed by atoms with Gasteiger partial charge in [-0.3, -0.25) is 4.79 Å². The van der Waals surface area contributed by atoms with Crippen LogP contribution in [0.3, 0.4) is 0 Å². The van der Waals surface area contributed by atoms with Gasteiger partial charge in [0.2, 0.25) is 0 Å². The van der Waals surface area contributed by atoms with Gasteiger partial charge in [0.1, 0.15) is 17.8 Å². The van der Waals surface area contributed by atoms with Gasteiger partial charge in [-0.05, 0) is 37.0 Å². The van der Waals surface area contributed by atoms with E-state index in [0.29, 0.717) is 19.0 Å². The summed E-state index contributed by atoms with van der Waals surface area (Å²) in [6.07, 6.45) is -1.42. The largest absolute Gasteiger partial charge is 0.416 e. The van der Waals surface area contributed by atoms with Gasteiger partial charge in [0.15, 0.2) is 0 Å². The van der Waals surface area contributed by atoms with Crippen LogP contribution in [0.25, 0.3) is 0 Å². The van der Waals surface area contributed by atoms with Gasteiger partial charge in [0.05, 0.1) is 16.3 Å². The summed E-state index contributed by atoms with van der Waals surface area (Å²) in [6.45, 7) is 3.46. The monoisotopic (exact) mass is 398 g/mol. The van der Waals surface area contributed by atoms with Gasteiger partial charge < -0.3 is 10.2 Å². The minimum Gasteiger partial charge on any atom is -0.339 e. The summed E-state index contributed by atoms with van der Waals surface area (Å²) >= 11 is 5.99. The molecule has 2 aromatic rings. The molecule has 1 saturated heterocycles. The van der Waals surface area contributed by atoms with E-state index in [9.17, 15) is 18.0 Å². The van der Waals surface area contributed by atoms with Crippen molar-refractivity contribution in [2.45, 2.75) is 25.9 Å². The van der Waals surface area contributed by atoms with Crippen LogP contribution in [0.15, 0.2) is 30.6 Å². The summed E-state index contributed by atoms with van der Waals surface area (Å²) in [7, 11) is 0. The molecule has 1 aromatic carbocycles. The Morgan fingerprint density at radius 2 is 1.93 bits per heavy atom. The van der Waals surface area contributed by atoms with Crippen molar-refractivity contribution in [2.24, 2.45) is 5.92 Å². The molecule has 3 rings (SSSR count). The number of carbonyl (C=O) groups excluding carboxylic acids is 1. The van der Waals surface area contributed by atoms with Crippen molar-refractivity contribution in [2.75, 3.05) is 18.4 Å². The number of amides is 1. The van der Waals surface area contributed by atoms with Gasteiger partial charge in [-0.15, -0.1) is 0 Å². The average Bonchev–Trinajstić information content (AvgIpc) is 2.63. The number of nitrogens with zero attached hydrogens (tertiary/aromatic N) is 3. The van der Waals surface area contributed by atoms with E-state index in [0.717, 1.165) is 31.0 Å². The van der Waals surface area contributed by atoms with Crippen LogP contribution in [-0.2, 0) is 6.18 Å². The Bertz CT molecular complexity index is 836. The zero-order valence-corrected chi connectivity index (χ0v) is 15.3. The third kappa shape index (κ3) is 4.68. The molecule has 0 spiro atoms. The first-order valence-corrected chi connectivity index (χ1v) is 8.87. The van der Waals surface area contributed by atoms with E-state index in [1.165, 1.54) is 12.4 Å². The van der Waals surface area contributed by atoms with Crippen molar-refractivity contribution in [3.05, 3.63) is 46.9 Å². The van der Waals surface area contributed by atoms with Gasteiger partial charge in [-0.2, -0.15) is 13.2 Å². The molecule has 1 fully saturated rings.